The van der Waals surface area contributed by atoms with Gasteiger partial charge in [-0.15, -0.1) is 0 Å². The Balaban J connectivity index is 1.06. The van der Waals surface area contributed by atoms with E-state index >= 15 is 0 Å². The van der Waals surface area contributed by atoms with Crippen molar-refractivity contribution in [2.75, 3.05) is 11.8 Å². The minimum atomic E-state index is -3.85. The minimum absolute atomic E-state index is 0.0756. The van der Waals surface area contributed by atoms with Crippen LogP contribution in [0.4, 0.5) is 5.82 Å². The number of aromatic nitrogens is 4. The highest BCUT2D eigenvalue weighted by Gasteiger charge is 2.17. The van der Waals surface area contributed by atoms with Crippen molar-refractivity contribution in [3.8, 4) is 28.1 Å². The van der Waals surface area contributed by atoms with Gasteiger partial charge in [-0.05, 0) is 89.4 Å². The lowest BCUT2D eigenvalue weighted by Gasteiger charge is -2.19. The summed E-state index contributed by atoms with van der Waals surface area (Å²) in [5.41, 5.74) is 6.85. The Bertz CT molecular complexity index is 2290. The summed E-state index contributed by atoms with van der Waals surface area (Å²) in [6, 6.07) is 36.1. The Labute approximate surface area is 306 Å². The number of benzene rings is 4. The summed E-state index contributed by atoms with van der Waals surface area (Å²) in [6.07, 6.45) is 2.35. The first-order valence-corrected chi connectivity index (χ1v) is 19.0. The molecule has 1 N–H and O–H groups in total. The first-order chi connectivity index (χ1) is 24.9. The van der Waals surface area contributed by atoms with Crippen molar-refractivity contribution in [3.05, 3.63) is 148 Å². The van der Waals surface area contributed by atoms with Crippen LogP contribution in [-0.2, 0) is 41.4 Å². The fourth-order valence-corrected chi connectivity index (χ4v) is 7.13. The first-order valence-electron chi connectivity index (χ1n) is 17.5. The predicted molar refractivity (Wildman–Crippen MR) is 207 cm³/mol. The fourth-order valence-electron chi connectivity index (χ4n) is 6.13. The van der Waals surface area contributed by atoms with E-state index in [0.717, 1.165) is 52.2 Å². The summed E-state index contributed by atoms with van der Waals surface area (Å²) in [7, 11) is -2.23. The third-order valence-electron chi connectivity index (χ3n) is 9.16. The van der Waals surface area contributed by atoms with E-state index in [0.29, 0.717) is 25.2 Å². The molecule has 0 fully saturated rings. The molecule has 52 heavy (non-hydrogen) atoms. The number of pyridine rings is 1. The summed E-state index contributed by atoms with van der Waals surface area (Å²) in [6.45, 7) is 9.56. The molecule has 0 radical (unpaired) electrons. The molecule has 9 nitrogen and oxygen atoms in total. The average Bonchev–Trinajstić information content (AvgIpc) is 3.44. The van der Waals surface area contributed by atoms with Crippen LogP contribution in [-0.4, -0.2) is 34.9 Å². The first kappa shape index (κ1) is 36.3. The lowest BCUT2D eigenvalue weighted by atomic mass is 9.87. The number of hydrogen-bond acceptors (Lipinski definition) is 6. The monoisotopic (exact) mass is 715 g/mol. The molecule has 0 saturated heterocycles. The van der Waals surface area contributed by atoms with E-state index < -0.39 is 10.0 Å². The number of ether oxygens (including phenoxy) is 1. The number of methoxy groups -OCH3 is 1. The van der Waals surface area contributed by atoms with Crippen LogP contribution in [0.5, 0.6) is 5.75 Å². The zero-order valence-corrected chi connectivity index (χ0v) is 31.2. The molecule has 0 aliphatic carbocycles. The quantitative estimate of drug-likeness (QED) is 0.129. The molecule has 0 bridgehead atoms. The van der Waals surface area contributed by atoms with Crippen LogP contribution in [0.2, 0.25) is 0 Å². The molecule has 2 aromatic heterocycles. The standard InChI is InChI=1S/C42H45N5O4S/c1-6-46-40(44-47(41(46)48)29-31-15-23-35(24-16-31)42(2,3)4)12-7-9-30-13-17-34(18-14-30)38-10-8-11-39(43-38)45-52(49,50)37-27-21-33(22-28-37)32-19-25-36(51-5)26-20-32/h8,10-11,13-28H,6-7,9,12,29H2,1-5H3,(H,43,45). The Morgan fingerprint density at radius 1 is 0.750 bits per heavy atom. The Hall–Kier alpha value is -5.48. The molecule has 268 valence electrons. The van der Waals surface area contributed by atoms with E-state index in [1.54, 1.807) is 52.8 Å². The second-order valence-electron chi connectivity index (χ2n) is 13.9. The van der Waals surface area contributed by atoms with Crippen LogP contribution in [0.3, 0.4) is 0 Å². The summed E-state index contributed by atoms with van der Waals surface area (Å²) in [5, 5.41) is 4.71. The van der Waals surface area contributed by atoms with Gasteiger partial charge in [-0.2, -0.15) is 5.10 Å². The van der Waals surface area contributed by atoms with E-state index in [-0.39, 0.29) is 21.8 Å². The molecule has 4 aromatic carbocycles. The highest BCUT2D eigenvalue weighted by atomic mass is 32.2. The number of rotatable bonds is 13. The summed E-state index contributed by atoms with van der Waals surface area (Å²) in [4.78, 5) is 17.9. The lowest BCUT2D eigenvalue weighted by Crippen LogP contribution is -2.25. The van der Waals surface area contributed by atoms with Crippen LogP contribution >= 0.6 is 0 Å². The second-order valence-corrected chi connectivity index (χ2v) is 15.5. The molecule has 0 saturated carbocycles. The highest BCUT2D eigenvalue weighted by molar-refractivity contribution is 7.92. The number of nitrogens with zero attached hydrogens (tertiary/aromatic N) is 4. The van der Waals surface area contributed by atoms with Gasteiger partial charge in [0.25, 0.3) is 10.0 Å². The van der Waals surface area contributed by atoms with Gasteiger partial charge in [0, 0.05) is 18.5 Å². The number of nitrogens with one attached hydrogen (secondary N) is 1. The van der Waals surface area contributed by atoms with Crippen LogP contribution in [0, 0.1) is 0 Å². The zero-order chi connectivity index (χ0) is 36.9. The number of hydrogen-bond donors (Lipinski definition) is 1. The van der Waals surface area contributed by atoms with Gasteiger partial charge in [-0.1, -0.05) is 99.6 Å². The Morgan fingerprint density at radius 2 is 1.37 bits per heavy atom. The summed E-state index contributed by atoms with van der Waals surface area (Å²) < 4.78 is 37.6. The molecular formula is C42H45N5O4S. The van der Waals surface area contributed by atoms with E-state index in [4.69, 9.17) is 9.84 Å². The van der Waals surface area contributed by atoms with Crippen molar-refractivity contribution >= 4 is 15.8 Å². The molecule has 0 aliphatic rings. The van der Waals surface area contributed by atoms with Crippen molar-refractivity contribution in [2.45, 2.75) is 70.4 Å². The van der Waals surface area contributed by atoms with Gasteiger partial charge < -0.3 is 4.74 Å². The van der Waals surface area contributed by atoms with E-state index in [2.05, 4.69) is 66.9 Å². The largest absolute Gasteiger partial charge is 0.497 e. The van der Waals surface area contributed by atoms with Gasteiger partial charge >= 0.3 is 5.69 Å². The molecule has 6 rings (SSSR count). The third-order valence-corrected chi connectivity index (χ3v) is 10.5. The van der Waals surface area contributed by atoms with Crippen molar-refractivity contribution in [3.63, 3.8) is 0 Å². The highest BCUT2D eigenvalue weighted by Crippen LogP contribution is 2.26. The summed E-state index contributed by atoms with van der Waals surface area (Å²) in [5.74, 6) is 1.80. The normalized spacial score (nSPS) is 11.8. The number of aryl methyl sites for hydroxylation is 2. The van der Waals surface area contributed by atoms with Crippen LogP contribution in [0.1, 0.15) is 56.6 Å². The topological polar surface area (TPSA) is 108 Å². The number of anilines is 1. The number of sulfonamides is 1. The second kappa shape index (κ2) is 15.4. The van der Waals surface area contributed by atoms with E-state index in [1.807, 2.05) is 49.4 Å². The molecule has 6 aromatic rings. The SMILES string of the molecule is CCn1c(CCCc2ccc(-c3cccc(NS(=O)(=O)c4ccc(-c5ccc(OC)cc5)cc4)n3)cc2)nn(Cc2ccc(C(C)(C)C)cc2)c1=O. The van der Waals surface area contributed by atoms with E-state index in [9.17, 15) is 13.2 Å². The third kappa shape index (κ3) is 8.51. The van der Waals surface area contributed by atoms with E-state index in [1.165, 1.54) is 5.56 Å². The van der Waals surface area contributed by atoms with Crippen molar-refractivity contribution in [2.24, 2.45) is 0 Å². The smallest absolute Gasteiger partial charge is 0.346 e. The van der Waals surface area contributed by atoms with Gasteiger partial charge in [0.05, 0.1) is 24.2 Å². The molecule has 0 spiro atoms. The maximum absolute atomic E-state index is 13.2. The molecule has 10 heteroatoms. The molecule has 2 heterocycles. The predicted octanol–water partition coefficient (Wildman–Crippen LogP) is 8.12. The molecule has 0 aliphatic heterocycles. The molecule has 0 unspecified atom stereocenters. The van der Waals surface area contributed by atoms with Crippen LogP contribution in [0.25, 0.3) is 22.4 Å². The van der Waals surface area contributed by atoms with Crippen LogP contribution < -0.4 is 15.1 Å². The van der Waals surface area contributed by atoms with Crippen molar-refractivity contribution < 1.29 is 13.2 Å². The maximum atomic E-state index is 13.2. The van der Waals surface area contributed by atoms with Gasteiger partial charge in [-0.3, -0.25) is 9.29 Å². The maximum Gasteiger partial charge on any atom is 0.346 e. The minimum Gasteiger partial charge on any atom is -0.497 e. The van der Waals surface area contributed by atoms with Gasteiger partial charge in [0.1, 0.15) is 17.4 Å². The zero-order valence-electron chi connectivity index (χ0n) is 30.3. The molecule has 0 amide bonds. The Kier molecular flexibility index (Phi) is 10.8. The molecular weight excluding hydrogens is 671 g/mol. The molecule has 0 atom stereocenters. The average molecular weight is 716 g/mol. The van der Waals surface area contributed by atoms with Crippen molar-refractivity contribution in [1.82, 2.24) is 19.3 Å². The van der Waals surface area contributed by atoms with Gasteiger partial charge in [-0.25, -0.2) is 22.9 Å². The van der Waals surface area contributed by atoms with Gasteiger partial charge in [0.2, 0.25) is 0 Å². The Morgan fingerprint density at radius 3 is 1.98 bits per heavy atom. The van der Waals surface area contributed by atoms with Gasteiger partial charge in [0.15, 0.2) is 0 Å². The van der Waals surface area contributed by atoms with Crippen LogP contribution in [0.15, 0.2) is 125 Å². The summed E-state index contributed by atoms with van der Waals surface area (Å²) >= 11 is 0. The fraction of sp³-hybridized carbons (Fsp3) is 0.262. The lowest BCUT2D eigenvalue weighted by molar-refractivity contribution is 0.415. The van der Waals surface area contributed by atoms with Crippen molar-refractivity contribution in [1.29, 1.82) is 0 Å².